The fourth-order valence-electron chi connectivity index (χ4n) is 3.36. The first-order valence-electron chi connectivity index (χ1n) is 8.90. The summed E-state index contributed by atoms with van der Waals surface area (Å²) >= 11 is 8.00. The average Bonchev–Trinajstić information content (AvgIpc) is 3.10. The van der Waals surface area contributed by atoms with E-state index < -0.39 is 0 Å². The van der Waals surface area contributed by atoms with Crippen molar-refractivity contribution in [3.63, 3.8) is 0 Å². The van der Waals surface area contributed by atoms with Gasteiger partial charge < -0.3 is 5.32 Å². The van der Waals surface area contributed by atoms with Gasteiger partial charge in [0.2, 0.25) is 5.91 Å². The van der Waals surface area contributed by atoms with Crippen molar-refractivity contribution in [1.29, 1.82) is 0 Å². The largest absolute Gasteiger partial charge is 0.353 e. The van der Waals surface area contributed by atoms with Crippen molar-refractivity contribution in [3.05, 3.63) is 57.2 Å². The summed E-state index contributed by atoms with van der Waals surface area (Å²) in [5.74, 6) is 0.342. The summed E-state index contributed by atoms with van der Waals surface area (Å²) in [7, 11) is 0. The zero-order valence-corrected chi connectivity index (χ0v) is 16.2. The third kappa shape index (κ3) is 5.30. The maximum absolute atomic E-state index is 12.5. The molecule has 0 radical (unpaired) electrons. The minimum Gasteiger partial charge on any atom is -0.353 e. The van der Waals surface area contributed by atoms with Crippen molar-refractivity contribution in [1.82, 2.24) is 10.2 Å². The van der Waals surface area contributed by atoms with Crippen molar-refractivity contribution in [3.8, 4) is 0 Å². The topological polar surface area (TPSA) is 32.3 Å². The highest BCUT2D eigenvalue weighted by Crippen LogP contribution is 2.22. The lowest BCUT2D eigenvalue weighted by atomic mass is 9.95. The van der Waals surface area contributed by atoms with Gasteiger partial charge in [0.1, 0.15) is 0 Å². The third-order valence-corrected chi connectivity index (χ3v) is 6.05. The Kier molecular flexibility index (Phi) is 6.51. The number of carbonyl (C=O) groups excluding carboxylic acids is 1. The monoisotopic (exact) mass is 376 g/mol. The molecule has 0 bridgehead atoms. The van der Waals surface area contributed by atoms with Crippen molar-refractivity contribution >= 4 is 28.8 Å². The second kappa shape index (κ2) is 8.84. The molecule has 134 valence electrons. The zero-order valence-electron chi connectivity index (χ0n) is 14.6. The minimum atomic E-state index is 0.133. The standard InChI is InChI=1S/C20H25ClN2OS/c1-15(13-18-6-4-12-25-18)22-20(24)16-8-10-23(11-9-16)14-17-5-2-3-7-19(17)21/h2-7,12,15-16H,8-11,13-14H2,1H3,(H,22,24)/t15-/m1/s1. The molecule has 0 unspecified atom stereocenters. The number of hydrogen-bond acceptors (Lipinski definition) is 3. The van der Waals surface area contributed by atoms with Gasteiger partial charge in [-0.15, -0.1) is 11.3 Å². The molecule has 1 amide bonds. The van der Waals surface area contributed by atoms with Gasteiger partial charge in [0.25, 0.3) is 0 Å². The van der Waals surface area contributed by atoms with Gasteiger partial charge in [-0.05, 0) is 55.9 Å². The van der Waals surface area contributed by atoms with Crippen LogP contribution in [0.3, 0.4) is 0 Å². The molecule has 1 aromatic heterocycles. The molecule has 1 fully saturated rings. The van der Waals surface area contributed by atoms with Crippen LogP contribution in [0.5, 0.6) is 0 Å². The molecule has 1 N–H and O–H groups in total. The summed E-state index contributed by atoms with van der Waals surface area (Å²) in [6.45, 7) is 4.85. The van der Waals surface area contributed by atoms with Crippen LogP contribution in [-0.4, -0.2) is 29.9 Å². The molecule has 2 aromatic rings. The Morgan fingerprint density at radius 1 is 1.28 bits per heavy atom. The van der Waals surface area contributed by atoms with E-state index in [1.54, 1.807) is 11.3 Å². The minimum absolute atomic E-state index is 0.133. The quantitative estimate of drug-likeness (QED) is 0.812. The molecule has 5 heteroatoms. The molecule has 2 heterocycles. The molecule has 0 spiro atoms. The predicted octanol–water partition coefficient (Wildman–Crippen LogP) is 4.36. The van der Waals surface area contributed by atoms with E-state index >= 15 is 0 Å². The van der Waals surface area contributed by atoms with Crippen LogP contribution in [0.1, 0.15) is 30.2 Å². The van der Waals surface area contributed by atoms with Crippen LogP contribution < -0.4 is 5.32 Å². The Labute approximate surface area is 159 Å². The zero-order chi connectivity index (χ0) is 17.6. The van der Waals surface area contributed by atoms with Crippen molar-refractivity contribution in [2.75, 3.05) is 13.1 Å². The molecule has 0 aliphatic carbocycles. The lowest BCUT2D eigenvalue weighted by Gasteiger charge is -2.32. The average molecular weight is 377 g/mol. The van der Waals surface area contributed by atoms with Crippen molar-refractivity contribution in [2.24, 2.45) is 5.92 Å². The molecule has 1 atom stereocenters. The highest BCUT2D eigenvalue weighted by atomic mass is 35.5. The maximum atomic E-state index is 12.5. The number of likely N-dealkylation sites (tertiary alicyclic amines) is 1. The predicted molar refractivity (Wildman–Crippen MR) is 105 cm³/mol. The van der Waals surface area contributed by atoms with Gasteiger partial charge in [0.05, 0.1) is 0 Å². The smallest absolute Gasteiger partial charge is 0.223 e. The van der Waals surface area contributed by atoms with E-state index in [2.05, 4.69) is 40.7 Å². The Balaban J connectivity index is 1.43. The number of thiophene rings is 1. The Bertz CT molecular complexity index is 681. The number of nitrogens with one attached hydrogen (secondary N) is 1. The third-order valence-electron chi connectivity index (χ3n) is 4.79. The Morgan fingerprint density at radius 3 is 2.72 bits per heavy atom. The lowest BCUT2D eigenvalue weighted by Crippen LogP contribution is -2.43. The van der Waals surface area contributed by atoms with Gasteiger partial charge >= 0.3 is 0 Å². The van der Waals surface area contributed by atoms with Crippen molar-refractivity contribution < 1.29 is 4.79 Å². The number of rotatable bonds is 6. The molecular weight excluding hydrogens is 352 g/mol. The first-order valence-corrected chi connectivity index (χ1v) is 10.2. The second-order valence-corrected chi connectivity index (χ2v) is 8.27. The second-order valence-electron chi connectivity index (χ2n) is 6.83. The van der Waals surface area contributed by atoms with E-state index in [9.17, 15) is 4.79 Å². The van der Waals surface area contributed by atoms with Gasteiger partial charge in [-0.25, -0.2) is 0 Å². The van der Waals surface area contributed by atoms with E-state index in [1.807, 2.05) is 18.2 Å². The van der Waals surface area contributed by atoms with Gasteiger partial charge in [-0.1, -0.05) is 35.9 Å². The number of nitrogens with zero attached hydrogens (tertiary/aromatic N) is 1. The van der Waals surface area contributed by atoms with E-state index in [1.165, 1.54) is 4.88 Å². The maximum Gasteiger partial charge on any atom is 0.223 e. The molecule has 3 nitrogen and oxygen atoms in total. The highest BCUT2D eigenvalue weighted by Gasteiger charge is 2.26. The summed E-state index contributed by atoms with van der Waals surface area (Å²) < 4.78 is 0. The van der Waals surface area contributed by atoms with E-state index in [0.717, 1.165) is 49.5 Å². The molecule has 1 aliphatic heterocycles. The summed E-state index contributed by atoms with van der Waals surface area (Å²) in [5, 5.41) is 6.10. The number of amides is 1. The number of halogens is 1. The first-order chi connectivity index (χ1) is 12.1. The molecule has 1 saturated heterocycles. The Hall–Kier alpha value is -1.36. The fraction of sp³-hybridized carbons (Fsp3) is 0.450. The number of benzene rings is 1. The number of hydrogen-bond donors (Lipinski definition) is 1. The molecular formula is C20H25ClN2OS. The molecule has 25 heavy (non-hydrogen) atoms. The van der Waals surface area contributed by atoms with Crippen LogP contribution in [0.4, 0.5) is 0 Å². The molecule has 1 aromatic carbocycles. The Morgan fingerprint density at radius 2 is 2.04 bits per heavy atom. The van der Waals surface area contributed by atoms with Gasteiger partial charge in [-0.2, -0.15) is 0 Å². The first kappa shape index (κ1) is 18.4. The lowest BCUT2D eigenvalue weighted by molar-refractivity contribution is -0.127. The molecule has 0 saturated carbocycles. The van der Waals surface area contributed by atoms with E-state index in [-0.39, 0.29) is 17.9 Å². The van der Waals surface area contributed by atoms with Crippen LogP contribution in [0.15, 0.2) is 41.8 Å². The molecule has 1 aliphatic rings. The summed E-state index contributed by atoms with van der Waals surface area (Å²) in [5.41, 5.74) is 1.16. The van der Waals surface area contributed by atoms with Gasteiger partial charge in [-0.3, -0.25) is 9.69 Å². The van der Waals surface area contributed by atoms with Gasteiger partial charge in [0, 0.05) is 34.8 Å². The number of piperidine rings is 1. The highest BCUT2D eigenvalue weighted by molar-refractivity contribution is 7.09. The normalized spacial score (nSPS) is 17.4. The summed E-state index contributed by atoms with van der Waals surface area (Å²) in [6.07, 6.45) is 2.75. The summed E-state index contributed by atoms with van der Waals surface area (Å²) in [4.78, 5) is 16.2. The van der Waals surface area contributed by atoms with Crippen LogP contribution >= 0.6 is 22.9 Å². The molecule has 3 rings (SSSR count). The van der Waals surface area contributed by atoms with Crippen molar-refractivity contribution in [2.45, 2.75) is 38.8 Å². The van der Waals surface area contributed by atoms with Crippen LogP contribution in [0.2, 0.25) is 5.02 Å². The fourth-order valence-corrected chi connectivity index (χ4v) is 4.39. The number of carbonyl (C=O) groups is 1. The van der Waals surface area contributed by atoms with Crippen LogP contribution in [0, 0.1) is 5.92 Å². The van der Waals surface area contributed by atoms with Crippen LogP contribution in [0.25, 0.3) is 0 Å². The summed E-state index contributed by atoms with van der Waals surface area (Å²) in [6, 6.07) is 12.4. The van der Waals surface area contributed by atoms with E-state index in [4.69, 9.17) is 11.6 Å². The SMILES string of the molecule is C[C@H](Cc1cccs1)NC(=O)C1CCN(Cc2ccccc2Cl)CC1. The van der Waals surface area contributed by atoms with Crippen LogP contribution in [-0.2, 0) is 17.8 Å². The van der Waals surface area contributed by atoms with Gasteiger partial charge in [0.15, 0.2) is 0 Å². The van der Waals surface area contributed by atoms with E-state index in [0.29, 0.717) is 0 Å².